The number of rotatable bonds is 7. The third kappa shape index (κ3) is 3.79. The van der Waals surface area contributed by atoms with Crippen LogP contribution in [0.2, 0.25) is 0 Å². The van der Waals surface area contributed by atoms with Crippen LogP contribution in [0.5, 0.6) is 0 Å². The highest BCUT2D eigenvalue weighted by molar-refractivity contribution is 7.98. The van der Waals surface area contributed by atoms with E-state index >= 15 is 0 Å². The maximum atomic E-state index is 13.4. The van der Waals surface area contributed by atoms with Gasteiger partial charge in [-0.2, -0.15) is 11.8 Å². The lowest BCUT2D eigenvalue weighted by molar-refractivity contribution is 0.0935. The van der Waals surface area contributed by atoms with Crippen LogP contribution < -0.4 is 5.32 Å². The molecule has 152 valence electrons. The quantitative estimate of drug-likeness (QED) is 0.434. The van der Waals surface area contributed by atoms with Crippen LogP contribution in [0.3, 0.4) is 0 Å². The lowest BCUT2D eigenvalue weighted by Gasteiger charge is -2.17. The number of fused-ring (bicyclic) bond motifs is 2. The standard InChI is InChI=1S/C24H24N4OS/c1-30-13-12-21(23-26-19-8-4-5-9-20(19)27-23)28-24(29)17-14-22(15-10-11-15)25-18-7-3-2-6-16(17)18/h2-9,14-15,21H,10-13H2,1H3,(H,26,27)(H,28,29)/t21-/m1/s1. The van der Waals surface area contributed by atoms with Gasteiger partial charge in [0.2, 0.25) is 0 Å². The van der Waals surface area contributed by atoms with Crippen LogP contribution in [0, 0.1) is 0 Å². The fraction of sp³-hybridized carbons (Fsp3) is 0.292. The minimum Gasteiger partial charge on any atom is -0.342 e. The van der Waals surface area contributed by atoms with Gasteiger partial charge in [-0.3, -0.25) is 9.78 Å². The first-order valence-corrected chi connectivity index (χ1v) is 11.8. The zero-order chi connectivity index (χ0) is 20.5. The molecule has 4 aromatic rings. The van der Waals surface area contributed by atoms with Gasteiger partial charge in [0.05, 0.1) is 28.2 Å². The molecule has 5 nitrogen and oxygen atoms in total. The molecular formula is C24H24N4OS. The number of carbonyl (C=O) groups excluding carboxylic acids is 1. The molecule has 0 unspecified atom stereocenters. The molecular weight excluding hydrogens is 392 g/mol. The van der Waals surface area contributed by atoms with Crippen molar-refractivity contribution in [1.29, 1.82) is 0 Å². The van der Waals surface area contributed by atoms with Crippen LogP contribution in [0.4, 0.5) is 0 Å². The van der Waals surface area contributed by atoms with Crippen LogP contribution in [0.1, 0.15) is 53.1 Å². The highest BCUT2D eigenvalue weighted by atomic mass is 32.2. The van der Waals surface area contributed by atoms with E-state index < -0.39 is 0 Å². The van der Waals surface area contributed by atoms with E-state index in [0.29, 0.717) is 11.5 Å². The molecule has 30 heavy (non-hydrogen) atoms. The van der Waals surface area contributed by atoms with Crippen LogP contribution in [0.15, 0.2) is 54.6 Å². The molecule has 1 fully saturated rings. The number of nitrogens with one attached hydrogen (secondary N) is 2. The Bertz CT molecular complexity index is 1180. The molecule has 2 aromatic carbocycles. The van der Waals surface area contributed by atoms with Gasteiger partial charge < -0.3 is 10.3 Å². The zero-order valence-electron chi connectivity index (χ0n) is 16.9. The normalized spacial score (nSPS) is 14.8. The number of H-pyrrole nitrogens is 1. The summed E-state index contributed by atoms with van der Waals surface area (Å²) in [6, 6.07) is 17.7. The topological polar surface area (TPSA) is 70.7 Å². The van der Waals surface area contributed by atoms with Crippen molar-refractivity contribution in [3.8, 4) is 0 Å². The summed E-state index contributed by atoms with van der Waals surface area (Å²) < 4.78 is 0. The second-order valence-electron chi connectivity index (χ2n) is 7.83. The van der Waals surface area contributed by atoms with E-state index in [0.717, 1.165) is 58.5 Å². The third-order valence-electron chi connectivity index (χ3n) is 5.63. The number of benzene rings is 2. The molecule has 0 spiro atoms. The molecule has 1 amide bonds. The second-order valence-corrected chi connectivity index (χ2v) is 8.82. The van der Waals surface area contributed by atoms with Gasteiger partial charge in [-0.05, 0) is 55.5 Å². The van der Waals surface area contributed by atoms with Crippen molar-refractivity contribution in [2.75, 3.05) is 12.0 Å². The van der Waals surface area contributed by atoms with Gasteiger partial charge in [0.25, 0.3) is 5.91 Å². The molecule has 0 aliphatic heterocycles. The van der Waals surface area contributed by atoms with Crippen molar-refractivity contribution in [2.45, 2.75) is 31.2 Å². The molecule has 2 aromatic heterocycles. The number of hydrogen-bond donors (Lipinski definition) is 2. The molecule has 0 saturated heterocycles. The molecule has 2 heterocycles. The first-order valence-electron chi connectivity index (χ1n) is 10.4. The van der Waals surface area contributed by atoms with Gasteiger partial charge in [-0.15, -0.1) is 0 Å². The van der Waals surface area contributed by atoms with Crippen LogP contribution >= 0.6 is 11.8 Å². The number of imidazole rings is 1. The fourth-order valence-electron chi connectivity index (χ4n) is 3.86. The number of carbonyl (C=O) groups is 1. The summed E-state index contributed by atoms with van der Waals surface area (Å²) in [5.74, 6) is 2.16. The van der Waals surface area contributed by atoms with Crippen LogP contribution in [-0.2, 0) is 0 Å². The monoisotopic (exact) mass is 416 g/mol. The lowest BCUT2D eigenvalue weighted by Crippen LogP contribution is -2.30. The second kappa shape index (κ2) is 8.11. The predicted molar refractivity (Wildman–Crippen MR) is 123 cm³/mol. The molecule has 1 atom stereocenters. The van der Waals surface area contributed by atoms with E-state index in [4.69, 9.17) is 9.97 Å². The minimum atomic E-state index is -0.173. The number of amides is 1. The number of hydrogen-bond acceptors (Lipinski definition) is 4. The first kappa shape index (κ1) is 19.1. The summed E-state index contributed by atoms with van der Waals surface area (Å²) in [4.78, 5) is 26.4. The molecule has 0 bridgehead atoms. The number of nitrogens with zero attached hydrogens (tertiary/aromatic N) is 2. The molecule has 6 heteroatoms. The summed E-state index contributed by atoms with van der Waals surface area (Å²) >= 11 is 1.77. The van der Waals surface area contributed by atoms with E-state index in [9.17, 15) is 4.79 Å². The Labute approximate surface area is 179 Å². The average molecular weight is 417 g/mol. The Balaban J connectivity index is 1.49. The third-order valence-corrected chi connectivity index (χ3v) is 6.27. The summed E-state index contributed by atoms with van der Waals surface area (Å²) in [6.45, 7) is 0. The Morgan fingerprint density at radius 2 is 1.90 bits per heavy atom. The van der Waals surface area contributed by atoms with Gasteiger partial charge in [0.15, 0.2) is 0 Å². The van der Waals surface area contributed by atoms with Gasteiger partial charge in [-0.25, -0.2) is 4.98 Å². The molecule has 5 rings (SSSR count). The summed E-state index contributed by atoms with van der Waals surface area (Å²) in [5.41, 5.74) is 4.52. The SMILES string of the molecule is CSCC[C@@H](NC(=O)c1cc(C2CC2)nc2ccccc12)c1nc2ccccc2[nH]1. The number of aromatic nitrogens is 3. The van der Waals surface area contributed by atoms with Crippen molar-refractivity contribution in [2.24, 2.45) is 0 Å². The van der Waals surface area contributed by atoms with E-state index in [1.165, 1.54) is 0 Å². The van der Waals surface area contributed by atoms with E-state index in [-0.39, 0.29) is 11.9 Å². The van der Waals surface area contributed by atoms with E-state index in [2.05, 4.69) is 16.6 Å². The van der Waals surface area contributed by atoms with Gasteiger partial charge in [0, 0.05) is 17.0 Å². The smallest absolute Gasteiger partial charge is 0.252 e. The maximum Gasteiger partial charge on any atom is 0.252 e. The Kier molecular flexibility index (Phi) is 5.17. The van der Waals surface area contributed by atoms with Crippen molar-refractivity contribution in [3.63, 3.8) is 0 Å². The van der Waals surface area contributed by atoms with Gasteiger partial charge in [0.1, 0.15) is 5.82 Å². The Hall–Kier alpha value is -2.86. The van der Waals surface area contributed by atoms with Crippen molar-refractivity contribution < 1.29 is 4.79 Å². The average Bonchev–Trinajstić information content (AvgIpc) is 3.54. The number of para-hydroxylation sites is 3. The zero-order valence-corrected chi connectivity index (χ0v) is 17.7. The number of aromatic amines is 1. The fourth-order valence-corrected chi connectivity index (χ4v) is 4.33. The number of thioether (sulfide) groups is 1. The molecule has 0 radical (unpaired) electrons. The largest absolute Gasteiger partial charge is 0.342 e. The molecule has 1 aliphatic rings. The maximum absolute atomic E-state index is 13.4. The van der Waals surface area contributed by atoms with E-state index in [1.807, 2.05) is 54.6 Å². The Morgan fingerprint density at radius 1 is 1.13 bits per heavy atom. The highest BCUT2D eigenvalue weighted by Gasteiger charge is 2.27. The molecule has 1 saturated carbocycles. The molecule has 2 N–H and O–H groups in total. The van der Waals surface area contributed by atoms with Crippen LogP contribution in [0.25, 0.3) is 21.9 Å². The van der Waals surface area contributed by atoms with E-state index in [1.54, 1.807) is 11.8 Å². The van der Waals surface area contributed by atoms with Crippen molar-refractivity contribution in [1.82, 2.24) is 20.3 Å². The first-order chi connectivity index (χ1) is 14.7. The van der Waals surface area contributed by atoms with Crippen LogP contribution in [-0.4, -0.2) is 32.9 Å². The summed E-state index contributed by atoms with van der Waals surface area (Å²) in [5, 5.41) is 4.15. The summed E-state index contributed by atoms with van der Waals surface area (Å²) in [6.07, 6.45) is 5.20. The number of pyridine rings is 1. The van der Waals surface area contributed by atoms with Gasteiger partial charge in [-0.1, -0.05) is 30.3 Å². The summed E-state index contributed by atoms with van der Waals surface area (Å²) in [7, 11) is 0. The van der Waals surface area contributed by atoms with Crippen molar-refractivity contribution >= 4 is 39.6 Å². The van der Waals surface area contributed by atoms with Gasteiger partial charge >= 0.3 is 0 Å². The Morgan fingerprint density at radius 3 is 2.67 bits per heavy atom. The molecule has 1 aliphatic carbocycles. The minimum absolute atomic E-state index is 0.0675. The van der Waals surface area contributed by atoms with Crippen molar-refractivity contribution in [3.05, 3.63) is 71.7 Å². The predicted octanol–water partition coefficient (Wildman–Crippen LogP) is 5.21. The lowest BCUT2D eigenvalue weighted by atomic mass is 10.0. The highest BCUT2D eigenvalue weighted by Crippen LogP contribution is 2.40.